The summed E-state index contributed by atoms with van der Waals surface area (Å²) in [5, 5.41) is 3.64. The Morgan fingerprint density at radius 3 is 2.78 bits per heavy atom. The van der Waals surface area contributed by atoms with E-state index in [1.807, 2.05) is 0 Å². The lowest BCUT2D eigenvalue weighted by Gasteiger charge is -2.39. The van der Waals surface area contributed by atoms with Crippen LogP contribution >= 0.6 is 0 Å². The number of hydrogen-bond acceptors (Lipinski definition) is 3. The Hall–Kier alpha value is -0.900. The van der Waals surface area contributed by atoms with Gasteiger partial charge in [-0.2, -0.15) is 0 Å². The van der Waals surface area contributed by atoms with Crippen molar-refractivity contribution < 1.29 is 4.74 Å². The Balaban J connectivity index is 1.78. The minimum Gasteiger partial charge on any atom is -0.357 e. The highest BCUT2D eigenvalue weighted by atomic mass is 16.5. The van der Waals surface area contributed by atoms with Crippen LogP contribution < -0.4 is 5.32 Å². The smallest absolute Gasteiger partial charge is 0.137 e. The summed E-state index contributed by atoms with van der Waals surface area (Å²) >= 11 is 0. The van der Waals surface area contributed by atoms with E-state index in [0.717, 1.165) is 19.7 Å². The fourth-order valence-electron chi connectivity index (χ4n) is 2.94. The summed E-state index contributed by atoms with van der Waals surface area (Å²) in [4.78, 5) is 2.52. The van der Waals surface area contributed by atoms with E-state index in [4.69, 9.17) is 4.74 Å². The summed E-state index contributed by atoms with van der Waals surface area (Å²) in [5.41, 5.74) is 1.28. The van der Waals surface area contributed by atoms with Gasteiger partial charge in [0.05, 0.1) is 6.61 Å². The number of piperazine rings is 1. The van der Waals surface area contributed by atoms with Crippen LogP contribution in [0.15, 0.2) is 30.3 Å². The first-order chi connectivity index (χ1) is 8.75. The maximum Gasteiger partial charge on any atom is 0.137 e. The van der Waals surface area contributed by atoms with Crippen molar-refractivity contribution in [3.63, 3.8) is 0 Å². The third-order valence-electron chi connectivity index (χ3n) is 4.13. The van der Waals surface area contributed by atoms with Gasteiger partial charge in [-0.1, -0.05) is 44.2 Å². The van der Waals surface area contributed by atoms with Crippen LogP contribution in [0.5, 0.6) is 0 Å². The molecule has 0 bridgehead atoms. The van der Waals surface area contributed by atoms with Gasteiger partial charge in [-0.3, -0.25) is 4.90 Å². The first-order valence-electron chi connectivity index (χ1n) is 6.91. The predicted molar refractivity (Wildman–Crippen MR) is 72.3 cm³/mol. The predicted octanol–water partition coefficient (Wildman–Crippen LogP) is 2.01. The molecule has 2 heterocycles. The highest BCUT2D eigenvalue weighted by molar-refractivity contribution is 5.19. The fraction of sp³-hybridized carbons (Fsp3) is 0.600. The average Bonchev–Trinajstić information content (AvgIpc) is 2.82. The number of rotatable bonds is 2. The van der Waals surface area contributed by atoms with Crippen molar-refractivity contribution in [2.75, 3.05) is 19.7 Å². The molecule has 3 heteroatoms. The van der Waals surface area contributed by atoms with Crippen LogP contribution in [0.2, 0.25) is 0 Å². The second-order valence-electron chi connectivity index (χ2n) is 5.71. The zero-order valence-corrected chi connectivity index (χ0v) is 11.2. The van der Waals surface area contributed by atoms with E-state index in [1.165, 1.54) is 5.56 Å². The van der Waals surface area contributed by atoms with Crippen molar-refractivity contribution in [2.45, 2.75) is 32.2 Å². The molecule has 1 N–H and O–H groups in total. The van der Waals surface area contributed by atoms with E-state index in [9.17, 15) is 0 Å². The molecular weight excluding hydrogens is 224 g/mol. The number of hydrogen-bond donors (Lipinski definition) is 1. The second kappa shape index (κ2) is 5.00. The largest absolute Gasteiger partial charge is 0.357 e. The van der Waals surface area contributed by atoms with Crippen molar-refractivity contribution in [3.8, 4) is 0 Å². The Bertz CT molecular complexity index is 393. The zero-order chi connectivity index (χ0) is 12.5. The standard InChI is InChI=1S/C15H22N2O/c1-11(2)14-9-17-13(8-16-14)10-18-15(17)12-6-4-3-5-7-12/h3-7,11,13-16H,8-10H2,1-2H3/t13-,14+,15-/m0/s1. The van der Waals surface area contributed by atoms with Crippen LogP contribution in [0, 0.1) is 5.92 Å². The van der Waals surface area contributed by atoms with Crippen LogP contribution in [0.1, 0.15) is 25.6 Å². The van der Waals surface area contributed by atoms with Gasteiger partial charge < -0.3 is 10.1 Å². The Morgan fingerprint density at radius 2 is 2.06 bits per heavy atom. The molecule has 0 aromatic heterocycles. The summed E-state index contributed by atoms with van der Waals surface area (Å²) < 4.78 is 6.00. The molecule has 2 saturated heterocycles. The lowest BCUT2D eigenvalue weighted by molar-refractivity contribution is 0.0139. The molecule has 0 amide bonds. The fourth-order valence-corrected chi connectivity index (χ4v) is 2.94. The lowest BCUT2D eigenvalue weighted by Crippen LogP contribution is -2.56. The Labute approximate surface area is 109 Å². The van der Waals surface area contributed by atoms with Gasteiger partial charge in [-0.05, 0) is 11.5 Å². The van der Waals surface area contributed by atoms with Crippen molar-refractivity contribution >= 4 is 0 Å². The molecule has 0 radical (unpaired) electrons. The third kappa shape index (κ3) is 2.18. The van der Waals surface area contributed by atoms with Gasteiger partial charge >= 0.3 is 0 Å². The zero-order valence-electron chi connectivity index (χ0n) is 11.2. The molecule has 1 aromatic rings. The lowest BCUT2D eigenvalue weighted by atomic mass is 9.99. The molecule has 3 atom stereocenters. The summed E-state index contributed by atoms with van der Waals surface area (Å²) in [6.45, 7) is 7.55. The summed E-state index contributed by atoms with van der Waals surface area (Å²) in [7, 11) is 0. The average molecular weight is 246 g/mol. The first kappa shape index (κ1) is 12.2. The molecule has 3 rings (SSSR count). The summed E-state index contributed by atoms with van der Waals surface area (Å²) in [6, 6.07) is 11.7. The van der Waals surface area contributed by atoms with Gasteiger partial charge in [0.15, 0.2) is 0 Å². The quantitative estimate of drug-likeness (QED) is 0.864. The van der Waals surface area contributed by atoms with E-state index in [0.29, 0.717) is 18.0 Å². The highest BCUT2D eigenvalue weighted by Crippen LogP contribution is 2.32. The Kier molecular flexibility index (Phi) is 3.37. The molecule has 18 heavy (non-hydrogen) atoms. The van der Waals surface area contributed by atoms with Crippen molar-refractivity contribution in [1.29, 1.82) is 0 Å². The van der Waals surface area contributed by atoms with Crippen molar-refractivity contribution in [2.24, 2.45) is 5.92 Å². The normalized spacial score (nSPS) is 32.7. The molecule has 3 nitrogen and oxygen atoms in total. The summed E-state index contributed by atoms with van der Waals surface area (Å²) in [5.74, 6) is 0.669. The number of nitrogens with zero attached hydrogens (tertiary/aromatic N) is 1. The van der Waals surface area contributed by atoms with Crippen LogP contribution in [-0.2, 0) is 4.74 Å². The van der Waals surface area contributed by atoms with E-state index in [2.05, 4.69) is 54.4 Å². The van der Waals surface area contributed by atoms with Gasteiger partial charge in [0.2, 0.25) is 0 Å². The van der Waals surface area contributed by atoms with Crippen LogP contribution in [0.4, 0.5) is 0 Å². The topological polar surface area (TPSA) is 24.5 Å². The molecule has 2 aliphatic heterocycles. The minimum absolute atomic E-state index is 0.152. The highest BCUT2D eigenvalue weighted by Gasteiger charge is 2.39. The Morgan fingerprint density at radius 1 is 1.28 bits per heavy atom. The maximum absolute atomic E-state index is 6.00. The number of ether oxygens (including phenoxy) is 1. The van der Waals surface area contributed by atoms with Crippen LogP contribution in [-0.4, -0.2) is 36.7 Å². The molecule has 98 valence electrons. The molecular formula is C15H22N2O. The summed E-state index contributed by atoms with van der Waals surface area (Å²) in [6.07, 6.45) is 0.152. The van der Waals surface area contributed by atoms with Gasteiger partial charge in [0.1, 0.15) is 6.23 Å². The van der Waals surface area contributed by atoms with E-state index in [1.54, 1.807) is 0 Å². The van der Waals surface area contributed by atoms with Gasteiger partial charge in [0, 0.05) is 25.2 Å². The molecule has 0 saturated carbocycles. The number of benzene rings is 1. The first-order valence-corrected chi connectivity index (χ1v) is 6.91. The van der Waals surface area contributed by atoms with E-state index >= 15 is 0 Å². The molecule has 1 aromatic carbocycles. The van der Waals surface area contributed by atoms with Gasteiger partial charge in [-0.15, -0.1) is 0 Å². The van der Waals surface area contributed by atoms with Crippen LogP contribution in [0.25, 0.3) is 0 Å². The van der Waals surface area contributed by atoms with Crippen molar-refractivity contribution in [1.82, 2.24) is 10.2 Å². The molecule has 2 fully saturated rings. The van der Waals surface area contributed by atoms with E-state index in [-0.39, 0.29) is 6.23 Å². The molecule has 0 aliphatic carbocycles. The second-order valence-corrected chi connectivity index (χ2v) is 5.71. The molecule has 0 unspecified atom stereocenters. The van der Waals surface area contributed by atoms with E-state index < -0.39 is 0 Å². The monoisotopic (exact) mass is 246 g/mol. The maximum atomic E-state index is 6.00. The SMILES string of the molecule is CC(C)[C@H]1CN2[C@@H](CN1)CO[C@H]2c1ccccc1. The van der Waals surface area contributed by atoms with Crippen molar-refractivity contribution in [3.05, 3.63) is 35.9 Å². The minimum atomic E-state index is 0.152. The van der Waals surface area contributed by atoms with Crippen LogP contribution in [0.3, 0.4) is 0 Å². The molecule has 2 aliphatic rings. The van der Waals surface area contributed by atoms with Gasteiger partial charge in [0.25, 0.3) is 0 Å². The molecule has 0 spiro atoms. The van der Waals surface area contributed by atoms with Gasteiger partial charge in [-0.25, -0.2) is 0 Å². The number of fused-ring (bicyclic) bond motifs is 1. The number of nitrogens with one attached hydrogen (secondary N) is 1. The third-order valence-corrected chi connectivity index (χ3v) is 4.13.